The Bertz CT molecular complexity index is 1620. The van der Waals surface area contributed by atoms with Crippen molar-refractivity contribution in [3.63, 3.8) is 0 Å². The van der Waals surface area contributed by atoms with Crippen LogP contribution < -0.4 is 27.0 Å². The minimum absolute atomic E-state index is 0.0925. The van der Waals surface area contributed by atoms with Gasteiger partial charge in [-0.25, -0.2) is 0 Å². The number of piperidine rings is 1. The Balaban J connectivity index is 1.39. The number of nitrogens with one attached hydrogen (secondary N) is 4. The second kappa shape index (κ2) is 15.6. The van der Waals surface area contributed by atoms with Crippen molar-refractivity contribution < 1.29 is 14.4 Å². The van der Waals surface area contributed by atoms with E-state index in [0.717, 1.165) is 71.4 Å². The maximum atomic E-state index is 14.1. The number of rotatable bonds is 13. The number of fused-ring (bicyclic) bond motifs is 2. The van der Waals surface area contributed by atoms with E-state index in [-0.39, 0.29) is 29.7 Å². The summed E-state index contributed by atoms with van der Waals surface area (Å²) in [5, 5.41) is 16.8. The van der Waals surface area contributed by atoms with E-state index >= 15 is 0 Å². The molecule has 0 spiro atoms. The van der Waals surface area contributed by atoms with Crippen LogP contribution in [0.1, 0.15) is 43.7 Å². The topological polar surface area (TPSA) is 125 Å². The summed E-state index contributed by atoms with van der Waals surface area (Å²) in [4.78, 5) is 41.1. The van der Waals surface area contributed by atoms with Gasteiger partial charge in [0.2, 0.25) is 17.7 Å². The van der Waals surface area contributed by atoms with Gasteiger partial charge in [-0.3, -0.25) is 14.4 Å². The number of amides is 3. The Hall–Kier alpha value is -4.27. The molecule has 8 nitrogen and oxygen atoms in total. The number of hydrogen-bond acceptors (Lipinski definition) is 5. The largest absolute Gasteiger partial charge is 0.352 e. The van der Waals surface area contributed by atoms with Crippen LogP contribution >= 0.6 is 0 Å². The van der Waals surface area contributed by atoms with Gasteiger partial charge < -0.3 is 27.0 Å². The number of nitrogens with two attached hydrogens (primary N) is 1. The van der Waals surface area contributed by atoms with Gasteiger partial charge in [-0.2, -0.15) is 0 Å². The first-order valence-corrected chi connectivity index (χ1v) is 16.2. The number of carbonyl (C=O) groups is 3. The lowest BCUT2D eigenvalue weighted by molar-refractivity contribution is -0.133. The second-order valence-electron chi connectivity index (χ2n) is 12.3. The van der Waals surface area contributed by atoms with Crippen molar-refractivity contribution in [2.45, 2.75) is 63.6 Å². The van der Waals surface area contributed by atoms with Gasteiger partial charge in [-0.05, 0) is 84.9 Å². The van der Waals surface area contributed by atoms with Gasteiger partial charge in [0.25, 0.3) is 0 Å². The van der Waals surface area contributed by atoms with E-state index < -0.39 is 12.1 Å². The molecule has 0 bridgehead atoms. The Labute approximate surface area is 265 Å². The van der Waals surface area contributed by atoms with E-state index in [1.807, 2.05) is 79.7 Å². The smallest absolute Gasteiger partial charge is 0.243 e. The summed E-state index contributed by atoms with van der Waals surface area (Å²) in [5.74, 6) is -0.905. The standard InChI is InChI=1S/C37H45N5O3/c1-25(7-6-18-38)40-36(44)33(23-26-12-14-28-8-2-4-10-31(28)21-26)42-37(45)34(41-35(43)30-16-19-39-20-17-30)24-27-13-15-29-9-3-5-11-32(29)22-27/h2-5,8-15,21-22,25,30,33-34,39H,6-7,16-20,23-24,38H2,1H3,(H,40,44)(H,41,43)(H,42,45)/t25-,33?,34?/m1/s1. The number of benzene rings is 4. The SMILES string of the molecule is C[C@H](CCCN)NC(=O)C(Cc1ccc2ccccc2c1)NC(=O)C(Cc1ccc2ccccc2c1)NC(=O)C1CCNCC1. The quantitative estimate of drug-likeness (QED) is 0.157. The lowest BCUT2D eigenvalue weighted by atomic mass is 9.95. The molecular formula is C37H45N5O3. The molecule has 0 aromatic heterocycles. The number of carbonyl (C=O) groups excluding carboxylic acids is 3. The third-order valence-electron chi connectivity index (χ3n) is 8.71. The zero-order valence-corrected chi connectivity index (χ0v) is 26.1. The highest BCUT2D eigenvalue weighted by Crippen LogP contribution is 2.19. The summed E-state index contributed by atoms with van der Waals surface area (Å²) in [6.07, 6.45) is 3.62. The van der Waals surface area contributed by atoms with Gasteiger partial charge in [-0.1, -0.05) is 84.9 Å². The predicted octanol–water partition coefficient (Wildman–Crippen LogP) is 3.99. The van der Waals surface area contributed by atoms with Crippen molar-refractivity contribution >= 4 is 39.3 Å². The molecule has 1 heterocycles. The first-order valence-electron chi connectivity index (χ1n) is 16.2. The lowest BCUT2D eigenvalue weighted by Crippen LogP contribution is -2.56. The summed E-state index contributed by atoms with van der Waals surface area (Å²) in [6.45, 7) is 4.04. The summed E-state index contributed by atoms with van der Waals surface area (Å²) in [5.41, 5.74) is 7.57. The van der Waals surface area contributed by atoms with Crippen molar-refractivity contribution in [2.75, 3.05) is 19.6 Å². The van der Waals surface area contributed by atoms with Gasteiger partial charge in [0.05, 0.1) is 0 Å². The van der Waals surface area contributed by atoms with E-state index in [1.54, 1.807) is 0 Å². The first kappa shape index (κ1) is 32.1. The second-order valence-corrected chi connectivity index (χ2v) is 12.3. The Morgan fingerprint density at radius 2 is 1.24 bits per heavy atom. The predicted molar refractivity (Wildman–Crippen MR) is 181 cm³/mol. The van der Waals surface area contributed by atoms with E-state index in [1.165, 1.54) is 0 Å². The summed E-state index contributed by atoms with van der Waals surface area (Å²) in [6, 6.07) is 26.6. The molecule has 4 aromatic rings. The highest BCUT2D eigenvalue weighted by Gasteiger charge is 2.30. The Kier molecular flexibility index (Phi) is 11.2. The van der Waals surface area contributed by atoms with Crippen LogP contribution in [-0.4, -0.2) is 55.5 Å². The van der Waals surface area contributed by atoms with Crippen LogP contribution in [0.25, 0.3) is 21.5 Å². The molecule has 1 aliphatic heterocycles. The van der Waals surface area contributed by atoms with Crippen molar-refractivity contribution in [1.82, 2.24) is 21.3 Å². The van der Waals surface area contributed by atoms with Crippen LogP contribution in [-0.2, 0) is 27.2 Å². The van der Waals surface area contributed by atoms with Gasteiger partial charge in [0, 0.05) is 24.8 Å². The van der Waals surface area contributed by atoms with Crippen molar-refractivity contribution in [1.29, 1.82) is 0 Å². The van der Waals surface area contributed by atoms with Gasteiger partial charge in [-0.15, -0.1) is 0 Å². The monoisotopic (exact) mass is 607 g/mol. The average Bonchev–Trinajstić information content (AvgIpc) is 3.06. The molecule has 4 aromatic carbocycles. The maximum absolute atomic E-state index is 14.1. The zero-order valence-electron chi connectivity index (χ0n) is 26.1. The molecule has 0 aliphatic carbocycles. The molecule has 8 heteroatoms. The molecule has 0 radical (unpaired) electrons. The maximum Gasteiger partial charge on any atom is 0.243 e. The molecule has 2 unspecified atom stereocenters. The molecule has 1 fully saturated rings. The molecule has 5 rings (SSSR count). The molecule has 3 amide bonds. The van der Waals surface area contributed by atoms with Gasteiger partial charge >= 0.3 is 0 Å². The Morgan fingerprint density at radius 1 is 0.733 bits per heavy atom. The third kappa shape index (κ3) is 8.90. The third-order valence-corrected chi connectivity index (χ3v) is 8.71. The summed E-state index contributed by atoms with van der Waals surface area (Å²) in [7, 11) is 0. The molecule has 3 atom stereocenters. The molecular weight excluding hydrogens is 562 g/mol. The molecule has 1 aliphatic rings. The number of hydrogen-bond donors (Lipinski definition) is 5. The van der Waals surface area contributed by atoms with Crippen molar-refractivity contribution in [2.24, 2.45) is 11.7 Å². The fourth-order valence-corrected chi connectivity index (χ4v) is 6.11. The molecule has 236 valence electrons. The van der Waals surface area contributed by atoms with Gasteiger partial charge in [0.1, 0.15) is 12.1 Å². The van der Waals surface area contributed by atoms with E-state index in [0.29, 0.717) is 19.4 Å². The van der Waals surface area contributed by atoms with E-state index in [4.69, 9.17) is 5.73 Å². The lowest BCUT2D eigenvalue weighted by Gasteiger charge is -2.27. The first-order chi connectivity index (χ1) is 21.9. The highest BCUT2D eigenvalue weighted by molar-refractivity contribution is 5.93. The van der Waals surface area contributed by atoms with Gasteiger partial charge in [0.15, 0.2) is 0 Å². The fourth-order valence-electron chi connectivity index (χ4n) is 6.11. The normalized spacial score (nSPS) is 15.7. The van der Waals surface area contributed by atoms with E-state index in [2.05, 4.69) is 33.4 Å². The molecule has 1 saturated heterocycles. The minimum atomic E-state index is -0.838. The Morgan fingerprint density at radius 3 is 1.80 bits per heavy atom. The molecule has 6 N–H and O–H groups in total. The zero-order chi connectivity index (χ0) is 31.6. The van der Waals surface area contributed by atoms with Crippen LogP contribution in [0, 0.1) is 5.92 Å². The average molecular weight is 608 g/mol. The fraction of sp³-hybridized carbons (Fsp3) is 0.378. The summed E-state index contributed by atoms with van der Waals surface area (Å²) >= 11 is 0. The highest BCUT2D eigenvalue weighted by atomic mass is 16.2. The van der Waals surface area contributed by atoms with Crippen LogP contribution in [0.15, 0.2) is 84.9 Å². The van der Waals surface area contributed by atoms with Crippen molar-refractivity contribution in [3.05, 3.63) is 96.1 Å². The van der Waals surface area contributed by atoms with Crippen molar-refractivity contribution in [3.8, 4) is 0 Å². The van der Waals surface area contributed by atoms with Crippen LogP contribution in [0.2, 0.25) is 0 Å². The molecule has 45 heavy (non-hydrogen) atoms. The molecule has 0 saturated carbocycles. The van der Waals surface area contributed by atoms with Crippen LogP contribution in [0.5, 0.6) is 0 Å². The minimum Gasteiger partial charge on any atom is -0.352 e. The summed E-state index contributed by atoms with van der Waals surface area (Å²) < 4.78 is 0. The van der Waals surface area contributed by atoms with Crippen LogP contribution in [0.4, 0.5) is 0 Å². The van der Waals surface area contributed by atoms with Crippen LogP contribution in [0.3, 0.4) is 0 Å². The van der Waals surface area contributed by atoms with E-state index in [9.17, 15) is 14.4 Å².